The zero-order chi connectivity index (χ0) is 11.8. The van der Waals surface area contributed by atoms with Gasteiger partial charge in [-0.3, -0.25) is 4.57 Å². The van der Waals surface area contributed by atoms with Gasteiger partial charge in [0.1, 0.15) is 18.2 Å². The van der Waals surface area contributed by atoms with Gasteiger partial charge in [0.05, 0.1) is 18.9 Å². The van der Waals surface area contributed by atoms with Crippen LogP contribution < -0.4 is 0 Å². The van der Waals surface area contributed by atoms with Crippen LogP contribution in [0.4, 0.5) is 0 Å². The van der Waals surface area contributed by atoms with Crippen molar-refractivity contribution >= 4 is 17.4 Å². The lowest BCUT2D eigenvalue weighted by Gasteiger charge is -2.01. The molecule has 6 nitrogen and oxygen atoms in total. The Balaban J connectivity index is 1.89. The molecule has 2 N–H and O–H groups in total. The van der Waals surface area contributed by atoms with Crippen molar-refractivity contribution in [3.05, 3.63) is 24.4 Å². The Morgan fingerprint density at radius 3 is 3.24 bits per heavy atom. The van der Waals surface area contributed by atoms with Crippen LogP contribution in [0.2, 0.25) is 0 Å². The standard InChI is InChI=1S/C11H12N4O2/c16-4-10(17)8-1-7(8)3-15-6-14-9-2-12-5-13-11(9)15/h2-3,5-6,8,10,16-17H,1,4H2/b7-3-/t8-,10-/m0/s1. The van der Waals surface area contributed by atoms with Crippen molar-refractivity contribution in [2.45, 2.75) is 12.5 Å². The summed E-state index contributed by atoms with van der Waals surface area (Å²) in [6.45, 7) is -0.200. The number of imidazole rings is 1. The SMILES string of the molecule is OC[C@H](O)[C@H]1C/C1=C/n1cnc2cncnc21. The summed E-state index contributed by atoms with van der Waals surface area (Å²) in [4.78, 5) is 12.2. The Hall–Kier alpha value is -1.79. The zero-order valence-electron chi connectivity index (χ0n) is 9.06. The van der Waals surface area contributed by atoms with Crippen molar-refractivity contribution in [1.29, 1.82) is 0 Å². The summed E-state index contributed by atoms with van der Waals surface area (Å²) >= 11 is 0. The number of fused-ring (bicyclic) bond motifs is 1. The molecule has 0 amide bonds. The lowest BCUT2D eigenvalue weighted by atomic mass is 10.2. The van der Waals surface area contributed by atoms with Gasteiger partial charge in [-0.2, -0.15) is 0 Å². The van der Waals surface area contributed by atoms with Gasteiger partial charge < -0.3 is 10.2 Å². The Bertz CT molecular complexity index is 578. The van der Waals surface area contributed by atoms with Gasteiger partial charge in [0.15, 0.2) is 5.65 Å². The topological polar surface area (TPSA) is 84.1 Å². The molecule has 1 aliphatic carbocycles. The highest BCUT2D eigenvalue weighted by Gasteiger charge is 2.36. The molecule has 0 unspecified atom stereocenters. The molecule has 0 aliphatic heterocycles. The van der Waals surface area contributed by atoms with E-state index in [1.165, 1.54) is 6.33 Å². The van der Waals surface area contributed by atoms with Crippen LogP contribution in [0.1, 0.15) is 6.42 Å². The highest BCUT2D eigenvalue weighted by Crippen LogP contribution is 2.41. The van der Waals surface area contributed by atoms with Crippen LogP contribution in [0.25, 0.3) is 17.4 Å². The molecule has 3 rings (SSSR count). The Morgan fingerprint density at radius 1 is 1.53 bits per heavy atom. The Morgan fingerprint density at radius 2 is 2.41 bits per heavy atom. The molecule has 1 fully saturated rings. The van der Waals surface area contributed by atoms with Gasteiger partial charge in [-0.1, -0.05) is 0 Å². The van der Waals surface area contributed by atoms with Crippen LogP contribution in [0, 0.1) is 5.92 Å². The fourth-order valence-electron chi connectivity index (χ4n) is 1.91. The summed E-state index contributed by atoms with van der Waals surface area (Å²) in [5, 5.41) is 18.3. The maximum absolute atomic E-state index is 9.47. The van der Waals surface area contributed by atoms with Crippen molar-refractivity contribution in [2.24, 2.45) is 5.92 Å². The summed E-state index contributed by atoms with van der Waals surface area (Å²) < 4.78 is 1.82. The van der Waals surface area contributed by atoms with Crippen molar-refractivity contribution in [3.8, 4) is 0 Å². The molecule has 6 heteroatoms. The molecule has 0 bridgehead atoms. The number of aromatic nitrogens is 4. The predicted octanol–water partition coefficient (Wildman–Crippen LogP) is 0.0403. The second-order valence-electron chi connectivity index (χ2n) is 4.15. The zero-order valence-corrected chi connectivity index (χ0v) is 9.06. The van der Waals surface area contributed by atoms with E-state index in [-0.39, 0.29) is 12.5 Å². The Kier molecular flexibility index (Phi) is 2.38. The monoisotopic (exact) mass is 232 g/mol. The Labute approximate surface area is 97.3 Å². The second-order valence-corrected chi connectivity index (χ2v) is 4.15. The minimum absolute atomic E-state index is 0.0688. The van der Waals surface area contributed by atoms with Crippen LogP contribution in [-0.4, -0.2) is 42.4 Å². The van der Waals surface area contributed by atoms with Gasteiger partial charge in [-0.05, 0) is 12.0 Å². The first-order chi connectivity index (χ1) is 8.29. The van der Waals surface area contributed by atoms with E-state index in [2.05, 4.69) is 15.0 Å². The van der Waals surface area contributed by atoms with Gasteiger partial charge >= 0.3 is 0 Å². The minimum atomic E-state index is -0.661. The summed E-state index contributed by atoms with van der Waals surface area (Å²) in [6, 6.07) is 0. The molecular formula is C11H12N4O2. The maximum atomic E-state index is 9.47. The molecule has 2 atom stereocenters. The molecule has 2 heterocycles. The van der Waals surface area contributed by atoms with Crippen LogP contribution in [-0.2, 0) is 0 Å². The molecule has 17 heavy (non-hydrogen) atoms. The highest BCUT2D eigenvalue weighted by molar-refractivity contribution is 5.72. The summed E-state index contributed by atoms with van der Waals surface area (Å²) in [5.74, 6) is 0.0688. The quantitative estimate of drug-likeness (QED) is 0.780. The van der Waals surface area contributed by atoms with Crippen LogP contribution in [0.3, 0.4) is 0 Å². The molecule has 1 saturated carbocycles. The summed E-state index contributed by atoms with van der Waals surface area (Å²) in [5.41, 5.74) is 2.59. The predicted molar refractivity (Wildman–Crippen MR) is 60.8 cm³/mol. The molecule has 0 spiro atoms. The largest absolute Gasteiger partial charge is 0.394 e. The van der Waals surface area contributed by atoms with Crippen molar-refractivity contribution < 1.29 is 10.2 Å². The third-order valence-electron chi connectivity index (χ3n) is 2.97. The van der Waals surface area contributed by atoms with Crippen LogP contribution >= 0.6 is 0 Å². The first-order valence-electron chi connectivity index (χ1n) is 5.41. The molecule has 2 aromatic rings. The van der Waals surface area contributed by atoms with Crippen LogP contribution in [0.15, 0.2) is 24.4 Å². The number of aliphatic hydroxyl groups excluding tert-OH is 2. The van der Waals surface area contributed by atoms with Gasteiger partial charge in [0, 0.05) is 12.1 Å². The molecule has 88 valence electrons. The fourth-order valence-corrected chi connectivity index (χ4v) is 1.91. The maximum Gasteiger partial charge on any atom is 0.167 e. The summed E-state index contributed by atoms with van der Waals surface area (Å²) in [7, 11) is 0. The van der Waals surface area contributed by atoms with E-state index in [0.717, 1.165) is 23.2 Å². The lowest BCUT2D eigenvalue weighted by Crippen LogP contribution is -2.14. The van der Waals surface area contributed by atoms with Crippen molar-refractivity contribution in [3.63, 3.8) is 0 Å². The molecule has 0 aromatic carbocycles. The third kappa shape index (κ3) is 1.81. The van der Waals surface area contributed by atoms with Gasteiger partial charge in [-0.15, -0.1) is 0 Å². The number of nitrogens with zero attached hydrogens (tertiary/aromatic N) is 4. The molecule has 2 aromatic heterocycles. The van der Waals surface area contributed by atoms with Crippen molar-refractivity contribution in [2.75, 3.05) is 6.61 Å². The molecule has 1 aliphatic rings. The first-order valence-corrected chi connectivity index (χ1v) is 5.41. The number of hydrogen-bond donors (Lipinski definition) is 2. The van der Waals surface area contributed by atoms with Gasteiger partial charge in [0.25, 0.3) is 0 Å². The van der Waals surface area contributed by atoms with E-state index in [0.29, 0.717) is 0 Å². The number of rotatable bonds is 3. The van der Waals surface area contributed by atoms with E-state index in [1.54, 1.807) is 12.5 Å². The van der Waals surface area contributed by atoms with Crippen molar-refractivity contribution in [1.82, 2.24) is 19.5 Å². The average molecular weight is 232 g/mol. The molecule has 0 radical (unpaired) electrons. The fraction of sp³-hybridized carbons (Fsp3) is 0.364. The van der Waals surface area contributed by atoms with E-state index < -0.39 is 6.10 Å². The highest BCUT2D eigenvalue weighted by atomic mass is 16.3. The molecular weight excluding hydrogens is 220 g/mol. The number of hydrogen-bond acceptors (Lipinski definition) is 5. The van der Waals surface area contributed by atoms with E-state index >= 15 is 0 Å². The normalized spacial score (nSPS) is 23.2. The molecule has 0 saturated heterocycles. The van der Waals surface area contributed by atoms with Gasteiger partial charge in [-0.25, -0.2) is 15.0 Å². The van der Waals surface area contributed by atoms with E-state index in [1.807, 2.05) is 10.8 Å². The number of aliphatic hydroxyl groups is 2. The smallest absolute Gasteiger partial charge is 0.167 e. The van der Waals surface area contributed by atoms with E-state index in [4.69, 9.17) is 5.11 Å². The first kappa shape index (κ1) is 10.4. The average Bonchev–Trinajstić information content (AvgIpc) is 3.02. The lowest BCUT2D eigenvalue weighted by molar-refractivity contribution is 0.0815. The minimum Gasteiger partial charge on any atom is -0.394 e. The van der Waals surface area contributed by atoms with E-state index in [9.17, 15) is 5.11 Å². The summed E-state index contributed by atoms with van der Waals surface area (Å²) in [6.07, 6.45) is 6.87. The van der Waals surface area contributed by atoms with Crippen LogP contribution in [0.5, 0.6) is 0 Å². The third-order valence-corrected chi connectivity index (χ3v) is 2.97. The second kappa shape index (κ2) is 3.90. The van der Waals surface area contributed by atoms with Gasteiger partial charge in [0.2, 0.25) is 0 Å².